The van der Waals surface area contributed by atoms with Crippen molar-refractivity contribution < 1.29 is 4.79 Å². The minimum atomic E-state index is 0.118. The number of hydrogen-bond donors (Lipinski definition) is 2. The maximum atomic E-state index is 10.9. The lowest BCUT2D eigenvalue weighted by molar-refractivity contribution is -0.119. The van der Waals surface area contributed by atoms with Crippen molar-refractivity contribution in [3.63, 3.8) is 0 Å². The van der Waals surface area contributed by atoms with Gasteiger partial charge in [0.25, 0.3) is 0 Å². The molecule has 12 heavy (non-hydrogen) atoms. The molecule has 1 heterocycles. The second-order valence-electron chi connectivity index (χ2n) is 3.97. The number of rotatable bonds is 1. The van der Waals surface area contributed by atoms with E-state index in [2.05, 4.69) is 10.6 Å². The van der Waals surface area contributed by atoms with Crippen molar-refractivity contribution in [2.45, 2.75) is 25.8 Å². The normalized spacial score (nSPS) is 39.6. The van der Waals surface area contributed by atoms with Crippen LogP contribution in [0.4, 0.5) is 0 Å². The average molecular weight is 168 g/mol. The summed E-state index contributed by atoms with van der Waals surface area (Å²) < 4.78 is 0. The molecule has 2 aliphatic rings. The smallest absolute Gasteiger partial charge is 0.217 e. The summed E-state index contributed by atoms with van der Waals surface area (Å²) in [6.45, 7) is 3.85. The number of fused-ring (bicyclic) bond motifs is 1. The monoisotopic (exact) mass is 168 g/mol. The maximum Gasteiger partial charge on any atom is 0.217 e. The zero-order valence-electron chi connectivity index (χ0n) is 7.47. The molecule has 1 aliphatic heterocycles. The Morgan fingerprint density at radius 3 is 3.00 bits per heavy atom. The van der Waals surface area contributed by atoms with Crippen molar-refractivity contribution in [3.05, 3.63) is 0 Å². The van der Waals surface area contributed by atoms with Crippen LogP contribution in [-0.4, -0.2) is 25.0 Å². The first-order valence-corrected chi connectivity index (χ1v) is 4.75. The zero-order valence-corrected chi connectivity index (χ0v) is 7.47. The number of hydrogen-bond acceptors (Lipinski definition) is 2. The van der Waals surface area contributed by atoms with E-state index in [-0.39, 0.29) is 5.91 Å². The van der Waals surface area contributed by atoms with Gasteiger partial charge in [0, 0.05) is 19.5 Å². The second-order valence-corrected chi connectivity index (χ2v) is 3.97. The predicted octanol–water partition coefficient (Wildman–Crippen LogP) is 0.121. The van der Waals surface area contributed by atoms with E-state index in [4.69, 9.17) is 0 Å². The van der Waals surface area contributed by atoms with Gasteiger partial charge in [0.15, 0.2) is 0 Å². The third-order valence-electron chi connectivity index (χ3n) is 3.15. The van der Waals surface area contributed by atoms with Gasteiger partial charge >= 0.3 is 0 Å². The highest BCUT2D eigenvalue weighted by Crippen LogP contribution is 2.34. The molecule has 0 spiro atoms. The first kappa shape index (κ1) is 8.05. The van der Waals surface area contributed by atoms with Crippen LogP contribution in [-0.2, 0) is 4.79 Å². The molecule has 2 fully saturated rings. The van der Waals surface area contributed by atoms with Crippen molar-refractivity contribution in [3.8, 4) is 0 Å². The third-order valence-corrected chi connectivity index (χ3v) is 3.15. The molecular weight excluding hydrogens is 152 g/mol. The van der Waals surface area contributed by atoms with Gasteiger partial charge in [-0.15, -0.1) is 0 Å². The van der Waals surface area contributed by atoms with Crippen LogP contribution in [0.2, 0.25) is 0 Å². The molecule has 0 aromatic heterocycles. The molecular formula is C9H16N2O. The van der Waals surface area contributed by atoms with E-state index in [1.54, 1.807) is 6.92 Å². The van der Waals surface area contributed by atoms with Crippen LogP contribution in [0.3, 0.4) is 0 Å². The van der Waals surface area contributed by atoms with E-state index in [1.807, 2.05) is 0 Å². The summed E-state index contributed by atoms with van der Waals surface area (Å²) in [4.78, 5) is 10.9. The molecule has 2 rings (SSSR count). The Morgan fingerprint density at radius 2 is 2.25 bits per heavy atom. The lowest BCUT2D eigenvalue weighted by Gasteiger charge is -2.18. The van der Waals surface area contributed by atoms with E-state index in [0.717, 1.165) is 19.0 Å². The van der Waals surface area contributed by atoms with Gasteiger partial charge in [-0.1, -0.05) is 0 Å². The van der Waals surface area contributed by atoms with Crippen molar-refractivity contribution in [2.24, 2.45) is 11.8 Å². The predicted molar refractivity (Wildman–Crippen MR) is 46.7 cm³/mol. The summed E-state index contributed by atoms with van der Waals surface area (Å²) in [6, 6.07) is 0.447. The molecule has 0 bridgehead atoms. The maximum absolute atomic E-state index is 10.9. The summed E-state index contributed by atoms with van der Waals surface area (Å²) >= 11 is 0. The van der Waals surface area contributed by atoms with Gasteiger partial charge < -0.3 is 10.6 Å². The van der Waals surface area contributed by atoms with Crippen molar-refractivity contribution in [1.29, 1.82) is 0 Å². The quantitative estimate of drug-likeness (QED) is 0.584. The van der Waals surface area contributed by atoms with Gasteiger partial charge in [0.2, 0.25) is 5.91 Å². The molecule has 2 N–H and O–H groups in total. The van der Waals surface area contributed by atoms with Gasteiger partial charge in [-0.25, -0.2) is 0 Å². The molecule has 1 saturated carbocycles. The van der Waals surface area contributed by atoms with Crippen molar-refractivity contribution in [2.75, 3.05) is 13.1 Å². The number of amides is 1. The van der Waals surface area contributed by atoms with Crippen LogP contribution < -0.4 is 10.6 Å². The van der Waals surface area contributed by atoms with Crippen LogP contribution >= 0.6 is 0 Å². The molecule has 3 nitrogen and oxygen atoms in total. The van der Waals surface area contributed by atoms with E-state index >= 15 is 0 Å². The summed E-state index contributed by atoms with van der Waals surface area (Å²) in [5.74, 6) is 1.64. The lowest BCUT2D eigenvalue weighted by Crippen LogP contribution is -2.37. The Kier molecular flexibility index (Phi) is 2.05. The van der Waals surface area contributed by atoms with Crippen LogP contribution in [0.15, 0.2) is 0 Å². The topological polar surface area (TPSA) is 41.1 Å². The molecule has 1 aliphatic carbocycles. The molecule has 68 valence electrons. The fraction of sp³-hybridized carbons (Fsp3) is 0.889. The first-order chi connectivity index (χ1) is 5.77. The lowest BCUT2D eigenvalue weighted by atomic mass is 9.98. The third kappa shape index (κ3) is 1.33. The van der Waals surface area contributed by atoms with E-state index < -0.39 is 0 Å². The summed E-state index contributed by atoms with van der Waals surface area (Å²) in [5.41, 5.74) is 0. The molecule has 0 aromatic carbocycles. The van der Waals surface area contributed by atoms with Crippen molar-refractivity contribution >= 4 is 5.91 Å². The van der Waals surface area contributed by atoms with E-state index in [9.17, 15) is 4.79 Å². The highest BCUT2D eigenvalue weighted by Gasteiger charge is 2.39. The van der Waals surface area contributed by atoms with Gasteiger partial charge in [0.05, 0.1) is 0 Å². The Labute approximate surface area is 72.9 Å². The first-order valence-electron chi connectivity index (χ1n) is 4.75. The number of carbonyl (C=O) groups excluding carboxylic acids is 1. The molecule has 1 amide bonds. The standard InChI is InChI=1S/C9H16N2O/c1-6(12)11-9-3-2-7-4-10-5-8(7)9/h7-10H,2-5H2,1H3,(H,11,12)/t7-,8-,9-/m0/s1. The number of carbonyl (C=O) groups is 1. The second kappa shape index (κ2) is 3.05. The Hall–Kier alpha value is -0.570. The molecule has 3 heteroatoms. The molecule has 3 atom stereocenters. The molecule has 1 saturated heterocycles. The van der Waals surface area contributed by atoms with Gasteiger partial charge in [-0.3, -0.25) is 4.79 Å². The van der Waals surface area contributed by atoms with Gasteiger partial charge in [0.1, 0.15) is 0 Å². The van der Waals surface area contributed by atoms with Crippen LogP contribution in [0.5, 0.6) is 0 Å². The molecule has 0 aromatic rings. The Morgan fingerprint density at radius 1 is 1.42 bits per heavy atom. The Bertz CT molecular complexity index is 193. The molecule has 0 radical (unpaired) electrons. The highest BCUT2D eigenvalue weighted by molar-refractivity contribution is 5.73. The Balaban J connectivity index is 1.95. The average Bonchev–Trinajstić information content (AvgIpc) is 2.52. The highest BCUT2D eigenvalue weighted by atomic mass is 16.1. The number of nitrogens with one attached hydrogen (secondary N) is 2. The fourth-order valence-corrected chi connectivity index (χ4v) is 2.59. The van der Waals surface area contributed by atoms with Gasteiger partial charge in [-0.05, 0) is 31.2 Å². The summed E-state index contributed by atoms with van der Waals surface area (Å²) in [6.07, 6.45) is 2.46. The minimum absolute atomic E-state index is 0.118. The van der Waals surface area contributed by atoms with E-state index in [1.165, 1.54) is 12.8 Å². The summed E-state index contributed by atoms with van der Waals surface area (Å²) in [7, 11) is 0. The fourth-order valence-electron chi connectivity index (χ4n) is 2.59. The summed E-state index contributed by atoms with van der Waals surface area (Å²) in [5, 5.41) is 6.41. The van der Waals surface area contributed by atoms with E-state index in [0.29, 0.717) is 12.0 Å². The van der Waals surface area contributed by atoms with Crippen LogP contribution in [0.25, 0.3) is 0 Å². The SMILES string of the molecule is CC(=O)N[C@H]1CC[C@H]2CNC[C@@H]21. The molecule has 0 unspecified atom stereocenters. The van der Waals surface area contributed by atoms with Crippen LogP contribution in [0, 0.1) is 11.8 Å². The van der Waals surface area contributed by atoms with Crippen molar-refractivity contribution in [1.82, 2.24) is 10.6 Å². The largest absolute Gasteiger partial charge is 0.353 e. The van der Waals surface area contributed by atoms with Gasteiger partial charge in [-0.2, -0.15) is 0 Å². The van der Waals surface area contributed by atoms with Crippen LogP contribution in [0.1, 0.15) is 19.8 Å². The minimum Gasteiger partial charge on any atom is -0.353 e. The zero-order chi connectivity index (χ0) is 8.55.